The number of allylic oxidation sites excluding steroid dienone is 1. The monoisotopic (exact) mass is 842 g/mol. The van der Waals surface area contributed by atoms with Gasteiger partial charge < -0.3 is 4.57 Å². The van der Waals surface area contributed by atoms with E-state index in [2.05, 4.69) is 192 Å². The number of fused-ring (bicyclic) bond motifs is 17. The molecule has 8 aromatic carbocycles. The van der Waals surface area contributed by atoms with Gasteiger partial charge in [-0.2, -0.15) is 15.2 Å². The summed E-state index contributed by atoms with van der Waals surface area (Å²) in [6.07, 6.45) is 5.60. The number of benzene rings is 8. The fraction of sp³-hybridized carbons (Fsp3) is 0.0667. The Morgan fingerprint density at radius 3 is 1.89 bits per heavy atom. The van der Waals surface area contributed by atoms with Crippen molar-refractivity contribution >= 4 is 38.8 Å². The molecular weight excluding hydrogens is 805 g/mol. The Morgan fingerprint density at radius 1 is 0.530 bits per heavy atom. The molecule has 0 fully saturated rings. The van der Waals surface area contributed by atoms with Crippen LogP contribution in [-0.2, 0) is 5.41 Å². The van der Waals surface area contributed by atoms with E-state index >= 15 is 0 Å². The SMILES string of the molecule is CC1CC=Cc2c1n(-c1ccccc1)c1c2ccc2c3ccccc3n(-c3nc(-c4ccccc4)nc(-c4ccc5c(c4)C4(c6ccccc6-c6ccccc64)c4cc(C#N)ccc4-5)n3)c21. The van der Waals surface area contributed by atoms with Crippen LogP contribution in [0, 0.1) is 11.3 Å². The average Bonchev–Trinajstić information content (AvgIpc) is 4.09. The molecule has 11 aromatic rings. The molecule has 0 aliphatic heterocycles. The second-order valence-corrected chi connectivity index (χ2v) is 17.8. The van der Waals surface area contributed by atoms with Crippen molar-refractivity contribution in [1.29, 1.82) is 5.26 Å². The van der Waals surface area contributed by atoms with Gasteiger partial charge >= 0.3 is 0 Å². The van der Waals surface area contributed by atoms with Crippen LogP contribution < -0.4 is 0 Å². The molecule has 14 rings (SSSR count). The fourth-order valence-corrected chi connectivity index (χ4v) is 11.7. The second kappa shape index (κ2) is 13.7. The number of aromatic nitrogens is 5. The van der Waals surface area contributed by atoms with Gasteiger partial charge in [0.05, 0.1) is 33.6 Å². The zero-order valence-electron chi connectivity index (χ0n) is 35.9. The van der Waals surface area contributed by atoms with E-state index in [9.17, 15) is 5.26 Å². The minimum absolute atomic E-state index is 0.318. The molecule has 3 heterocycles. The van der Waals surface area contributed by atoms with Gasteiger partial charge in [-0.1, -0.05) is 165 Å². The molecule has 0 bridgehead atoms. The molecule has 6 heteroatoms. The van der Waals surface area contributed by atoms with Crippen LogP contribution in [0.1, 0.15) is 58.3 Å². The molecule has 0 saturated carbocycles. The van der Waals surface area contributed by atoms with Crippen molar-refractivity contribution < 1.29 is 0 Å². The molecule has 0 saturated heterocycles. The first kappa shape index (κ1) is 36.8. The highest BCUT2D eigenvalue weighted by molar-refractivity contribution is 6.19. The van der Waals surface area contributed by atoms with Crippen LogP contribution in [0.5, 0.6) is 0 Å². The van der Waals surface area contributed by atoms with E-state index in [4.69, 9.17) is 15.0 Å². The maximum atomic E-state index is 10.3. The lowest BCUT2D eigenvalue weighted by atomic mass is 9.70. The molecule has 0 amide bonds. The zero-order valence-corrected chi connectivity index (χ0v) is 35.9. The topological polar surface area (TPSA) is 72.3 Å². The van der Waals surface area contributed by atoms with Gasteiger partial charge in [-0.05, 0) is 87.3 Å². The standard InChI is InChI=1S/C60H38N6/c1-36-15-14-23-46-48-32-31-47-45-22-10-13-26-53(45)66(56(47)55(48)65(54(36)46)40-18-6-3-7-19-40)59-63-57(38-16-4-2-5-17-38)62-58(64-59)39-28-30-44-43-29-27-37(35-61)33-51(43)60(52(44)34-39)49-24-11-8-20-41(49)42-21-9-12-25-50(42)60/h2-14,16-34,36H,15H2,1H3. The minimum Gasteiger partial charge on any atom is -0.311 e. The van der Waals surface area contributed by atoms with Gasteiger partial charge in [0.25, 0.3) is 0 Å². The van der Waals surface area contributed by atoms with Crippen LogP contribution in [0.2, 0.25) is 0 Å². The number of nitriles is 1. The van der Waals surface area contributed by atoms with Crippen molar-refractivity contribution in [1.82, 2.24) is 24.1 Å². The lowest BCUT2D eigenvalue weighted by molar-refractivity contribution is 0.723. The van der Waals surface area contributed by atoms with Crippen molar-refractivity contribution in [2.24, 2.45) is 0 Å². The maximum Gasteiger partial charge on any atom is 0.238 e. The van der Waals surface area contributed by atoms with Crippen molar-refractivity contribution in [3.05, 3.63) is 227 Å². The summed E-state index contributed by atoms with van der Waals surface area (Å²) in [6, 6.07) is 67.0. The molecule has 308 valence electrons. The maximum absolute atomic E-state index is 10.3. The summed E-state index contributed by atoms with van der Waals surface area (Å²) in [5.41, 5.74) is 18.1. The van der Waals surface area contributed by atoms with Crippen molar-refractivity contribution in [2.45, 2.75) is 24.7 Å². The third-order valence-electron chi connectivity index (χ3n) is 14.4. The average molecular weight is 843 g/mol. The normalized spacial score (nSPS) is 14.9. The van der Waals surface area contributed by atoms with E-state index in [-0.39, 0.29) is 0 Å². The molecule has 1 spiro atoms. The zero-order chi connectivity index (χ0) is 43.7. The second-order valence-electron chi connectivity index (χ2n) is 17.8. The molecule has 3 aliphatic carbocycles. The molecular formula is C60H38N6. The number of hydrogen-bond acceptors (Lipinski definition) is 4. The number of rotatable bonds is 4. The first-order valence-corrected chi connectivity index (χ1v) is 22.7. The summed E-state index contributed by atoms with van der Waals surface area (Å²) in [6.45, 7) is 2.34. The predicted molar refractivity (Wildman–Crippen MR) is 265 cm³/mol. The predicted octanol–water partition coefficient (Wildman–Crippen LogP) is 14.0. The van der Waals surface area contributed by atoms with Crippen molar-refractivity contribution in [3.8, 4) is 62.7 Å². The Bertz CT molecular complexity index is 3900. The Balaban J connectivity index is 1.08. The summed E-state index contributed by atoms with van der Waals surface area (Å²) in [7, 11) is 0. The Kier molecular flexibility index (Phi) is 7.62. The largest absolute Gasteiger partial charge is 0.311 e. The van der Waals surface area contributed by atoms with Crippen LogP contribution in [0.15, 0.2) is 188 Å². The van der Waals surface area contributed by atoms with E-state index in [1.165, 1.54) is 38.9 Å². The van der Waals surface area contributed by atoms with Crippen LogP contribution in [0.3, 0.4) is 0 Å². The Labute approximate surface area is 381 Å². The minimum atomic E-state index is -0.648. The van der Waals surface area contributed by atoms with Gasteiger partial charge in [0.2, 0.25) is 5.95 Å². The summed E-state index contributed by atoms with van der Waals surface area (Å²) in [5.74, 6) is 2.04. The first-order valence-electron chi connectivity index (χ1n) is 22.7. The highest BCUT2D eigenvalue weighted by Gasteiger charge is 2.52. The van der Waals surface area contributed by atoms with Crippen molar-refractivity contribution in [3.63, 3.8) is 0 Å². The Morgan fingerprint density at radius 2 is 1.14 bits per heavy atom. The third kappa shape index (κ3) is 4.86. The summed E-state index contributed by atoms with van der Waals surface area (Å²) in [5, 5.41) is 13.7. The highest BCUT2D eigenvalue weighted by Crippen LogP contribution is 2.63. The first-order chi connectivity index (χ1) is 32.6. The fourth-order valence-electron chi connectivity index (χ4n) is 11.7. The quantitative estimate of drug-likeness (QED) is 0.177. The smallest absolute Gasteiger partial charge is 0.238 e. The lowest BCUT2D eigenvalue weighted by Crippen LogP contribution is -2.26. The van der Waals surface area contributed by atoms with Gasteiger partial charge in [-0.15, -0.1) is 0 Å². The van der Waals surface area contributed by atoms with Gasteiger partial charge in [-0.3, -0.25) is 4.57 Å². The van der Waals surface area contributed by atoms with Gasteiger partial charge in [0.1, 0.15) is 0 Å². The van der Waals surface area contributed by atoms with Crippen molar-refractivity contribution in [2.75, 3.05) is 0 Å². The van der Waals surface area contributed by atoms with Crippen LogP contribution in [-0.4, -0.2) is 24.1 Å². The summed E-state index contributed by atoms with van der Waals surface area (Å²) in [4.78, 5) is 16.3. The molecule has 3 aliphatic rings. The number of nitrogens with zero attached hydrogens (tertiary/aromatic N) is 6. The van der Waals surface area contributed by atoms with Crippen LogP contribution in [0.25, 0.3) is 95.5 Å². The van der Waals surface area contributed by atoms with E-state index < -0.39 is 5.41 Å². The van der Waals surface area contributed by atoms with Crippen LogP contribution in [0.4, 0.5) is 0 Å². The molecule has 66 heavy (non-hydrogen) atoms. The van der Waals surface area contributed by atoms with Crippen LogP contribution >= 0.6 is 0 Å². The van der Waals surface area contributed by atoms with Gasteiger partial charge in [0.15, 0.2) is 11.6 Å². The van der Waals surface area contributed by atoms with Gasteiger partial charge in [-0.25, -0.2) is 4.98 Å². The van der Waals surface area contributed by atoms with E-state index in [1.54, 1.807) is 0 Å². The summed E-state index contributed by atoms with van der Waals surface area (Å²) >= 11 is 0. The molecule has 0 radical (unpaired) electrons. The highest BCUT2D eigenvalue weighted by atomic mass is 15.2. The molecule has 1 unspecified atom stereocenters. The Hall–Kier alpha value is -8.66. The van der Waals surface area contributed by atoms with E-state index in [0.29, 0.717) is 29.1 Å². The third-order valence-corrected chi connectivity index (χ3v) is 14.4. The molecule has 1 atom stereocenters. The van der Waals surface area contributed by atoms with E-state index in [1.807, 2.05) is 24.3 Å². The van der Waals surface area contributed by atoms with E-state index in [0.717, 1.165) is 72.8 Å². The molecule has 6 nitrogen and oxygen atoms in total. The number of para-hydroxylation sites is 2. The molecule has 3 aromatic heterocycles. The number of hydrogen-bond donors (Lipinski definition) is 0. The van der Waals surface area contributed by atoms with Gasteiger partial charge in [0, 0.05) is 50.1 Å². The lowest BCUT2D eigenvalue weighted by Gasteiger charge is -2.30. The molecule has 0 N–H and O–H groups in total. The summed E-state index contributed by atoms with van der Waals surface area (Å²) < 4.78 is 4.77.